The fraction of sp³-hybridized carbons (Fsp3) is 0.727. The van der Waals surface area contributed by atoms with Gasteiger partial charge in [0.05, 0.1) is 31.5 Å². The number of hydrogen-bond donors (Lipinski definition) is 0. The van der Waals surface area contributed by atoms with Crippen molar-refractivity contribution < 1.29 is 43.0 Å². The van der Waals surface area contributed by atoms with Crippen LogP contribution >= 0.6 is 0 Å². The van der Waals surface area contributed by atoms with Crippen LogP contribution in [-0.4, -0.2) is 75.6 Å². The quantitative estimate of drug-likeness (QED) is 0.0824. The third-order valence-corrected chi connectivity index (χ3v) is 4.67. The Morgan fingerprint density at radius 3 is 1.76 bits per heavy atom. The van der Waals surface area contributed by atoms with Gasteiger partial charge in [0.1, 0.15) is 19.8 Å². The summed E-state index contributed by atoms with van der Waals surface area (Å²) in [6.07, 6.45) is 7.46. The standard InChI is InChI=1S/C22H31N3O9/c1-18(21(30)33-13-10-24-16-27)7-8-19(22(31)34-14-11-25-17-28)5-3-2-4-6-20(29)32-12-9-23-15-26/h18-19H,2-14H2,1H3. The second kappa shape index (κ2) is 21.4. The molecule has 2 atom stereocenters. The zero-order chi connectivity index (χ0) is 25.4. The van der Waals surface area contributed by atoms with Gasteiger partial charge in [-0.2, -0.15) is 0 Å². The molecule has 12 nitrogen and oxygen atoms in total. The summed E-state index contributed by atoms with van der Waals surface area (Å²) in [5.41, 5.74) is 0. The number of esters is 3. The zero-order valence-electron chi connectivity index (χ0n) is 19.4. The average Bonchev–Trinajstić information content (AvgIpc) is 2.83. The SMILES string of the molecule is CC(CCC(CCCCCC(=O)OCCN=C=O)C(=O)OCCN=C=O)C(=O)OCCN=C=O. The van der Waals surface area contributed by atoms with Crippen molar-refractivity contribution in [2.75, 3.05) is 39.5 Å². The number of carbonyl (C=O) groups excluding carboxylic acids is 6. The Balaban J connectivity index is 4.49. The molecule has 34 heavy (non-hydrogen) atoms. The fourth-order valence-electron chi connectivity index (χ4n) is 2.84. The van der Waals surface area contributed by atoms with Crippen molar-refractivity contribution in [2.24, 2.45) is 26.8 Å². The Hall–Kier alpha value is -3.45. The average molecular weight is 482 g/mol. The lowest BCUT2D eigenvalue weighted by molar-refractivity contribution is -0.151. The van der Waals surface area contributed by atoms with Gasteiger partial charge in [0.2, 0.25) is 18.2 Å². The first-order valence-electron chi connectivity index (χ1n) is 11.1. The third kappa shape index (κ3) is 17.1. The Morgan fingerprint density at radius 1 is 0.676 bits per heavy atom. The number of unbranched alkanes of at least 4 members (excludes halogenated alkanes) is 2. The van der Waals surface area contributed by atoms with E-state index in [9.17, 15) is 28.8 Å². The largest absolute Gasteiger partial charge is 0.464 e. The number of rotatable bonds is 20. The fourth-order valence-corrected chi connectivity index (χ4v) is 2.84. The van der Waals surface area contributed by atoms with Gasteiger partial charge in [0.15, 0.2) is 0 Å². The highest BCUT2D eigenvalue weighted by atomic mass is 16.5. The highest BCUT2D eigenvalue weighted by molar-refractivity contribution is 5.73. The van der Waals surface area contributed by atoms with Crippen molar-refractivity contribution in [1.82, 2.24) is 0 Å². The first kappa shape index (κ1) is 30.6. The van der Waals surface area contributed by atoms with E-state index >= 15 is 0 Å². The molecule has 0 bridgehead atoms. The first-order valence-corrected chi connectivity index (χ1v) is 11.1. The lowest BCUT2D eigenvalue weighted by Gasteiger charge is -2.18. The van der Waals surface area contributed by atoms with Crippen LogP contribution in [0.2, 0.25) is 0 Å². The molecular weight excluding hydrogens is 450 g/mol. The van der Waals surface area contributed by atoms with Crippen LogP contribution in [0.5, 0.6) is 0 Å². The van der Waals surface area contributed by atoms with E-state index in [1.54, 1.807) is 6.92 Å². The van der Waals surface area contributed by atoms with Crippen LogP contribution in [0.3, 0.4) is 0 Å². The van der Waals surface area contributed by atoms with Crippen LogP contribution in [0.15, 0.2) is 15.0 Å². The van der Waals surface area contributed by atoms with E-state index in [-0.39, 0.29) is 51.8 Å². The summed E-state index contributed by atoms with van der Waals surface area (Å²) < 4.78 is 15.1. The maximum absolute atomic E-state index is 12.4. The maximum Gasteiger partial charge on any atom is 0.308 e. The van der Waals surface area contributed by atoms with E-state index in [0.717, 1.165) is 0 Å². The Morgan fingerprint density at radius 2 is 1.21 bits per heavy atom. The normalized spacial score (nSPS) is 11.6. The minimum absolute atomic E-state index is 0.0200. The molecule has 0 amide bonds. The lowest BCUT2D eigenvalue weighted by Crippen LogP contribution is -2.22. The summed E-state index contributed by atoms with van der Waals surface area (Å²) in [7, 11) is 0. The molecule has 0 saturated carbocycles. The molecule has 0 saturated heterocycles. The molecule has 2 unspecified atom stereocenters. The minimum atomic E-state index is -0.469. The van der Waals surface area contributed by atoms with E-state index in [2.05, 4.69) is 15.0 Å². The van der Waals surface area contributed by atoms with E-state index in [4.69, 9.17) is 14.2 Å². The second-order valence-corrected chi connectivity index (χ2v) is 7.25. The van der Waals surface area contributed by atoms with Crippen LogP contribution in [-0.2, 0) is 43.0 Å². The summed E-state index contributed by atoms with van der Waals surface area (Å²) in [5, 5.41) is 0. The number of isocyanates is 3. The topological polar surface area (TPSA) is 167 Å². The van der Waals surface area contributed by atoms with Gasteiger partial charge < -0.3 is 14.2 Å². The molecule has 0 aromatic heterocycles. The van der Waals surface area contributed by atoms with Crippen molar-refractivity contribution in [3.05, 3.63) is 0 Å². The van der Waals surface area contributed by atoms with Crippen LogP contribution < -0.4 is 0 Å². The van der Waals surface area contributed by atoms with E-state index in [1.165, 1.54) is 18.2 Å². The van der Waals surface area contributed by atoms with Crippen LogP contribution in [0.4, 0.5) is 0 Å². The molecule has 188 valence electrons. The van der Waals surface area contributed by atoms with Gasteiger partial charge >= 0.3 is 17.9 Å². The molecule has 0 aliphatic rings. The smallest absolute Gasteiger partial charge is 0.308 e. The molecule has 0 aromatic rings. The highest BCUT2D eigenvalue weighted by Crippen LogP contribution is 2.21. The number of aliphatic imine (C=N–C) groups is 3. The molecule has 0 N–H and O–H groups in total. The molecule has 0 radical (unpaired) electrons. The Kier molecular flexibility index (Phi) is 19.2. The molecule has 0 rings (SSSR count). The van der Waals surface area contributed by atoms with Crippen molar-refractivity contribution >= 4 is 36.1 Å². The molecule has 0 heterocycles. The van der Waals surface area contributed by atoms with Gasteiger partial charge in [-0.15, -0.1) is 0 Å². The molecule has 0 aliphatic heterocycles. The predicted molar refractivity (Wildman–Crippen MR) is 117 cm³/mol. The monoisotopic (exact) mass is 481 g/mol. The second-order valence-electron chi connectivity index (χ2n) is 7.25. The van der Waals surface area contributed by atoms with E-state index in [0.29, 0.717) is 38.5 Å². The minimum Gasteiger partial charge on any atom is -0.464 e. The van der Waals surface area contributed by atoms with Crippen molar-refractivity contribution in [1.29, 1.82) is 0 Å². The molecule has 0 aliphatic carbocycles. The Labute approximate surface area is 197 Å². The molecule has 0 spiro atoms. The third-order valence-electron chi connectivity index (χ3n) is 4.67. The van der Waals surface area contributed by atoms with Crippen molar-refractivity contribution in [3.8, 4) is 0 Å². The van der Waals surface area contributed by atoms with Crippen molar-refractivity contribution in [3.63, 3.8) is 0 Å². The number of hydrogen-bond acceptors (Lipinski definition) is 12. The number of nitrogens with zero attached hydrogens (tertiary/aromatic N) is 3. The summed E-state index contributed by atoms with van der Waals surface area (Å²) in [4.78, 5) is 76.0. The summed E-state index contributed by atoms with van der Waals surface area (Å²) in [6.45, 7) is 1.79. The summed E-state index contributed by atoms with van der Waals surface area (Å²) in [6, 6.07) is 0. The summed E-state index contributed by atoms with van der Waals surface area (Å²) in [5.74, 6) is -2.22. The Bertz CT molecular complexity index is 768. The highest BCUT2D eigenvalue weighted by Gasteiger charge is 2.23. The van der Waals surface area contributed by atoms with Crippen LogP contribution in [0, 0.1) is 11.8 Å². The van der Waals surface area contributed by atoms with Gasteiger partial charge in [-0.05, 0) is 25.7 Å². The zero-order valence-corrected chi connectivity index (χ0v) is 19.4. The van der Waals surface area contributed by atoms with Crippen LogP contribution in [0.25, 0.3) is 0 Å². The van der Waals surface area contributed by atoms with Gasteiger partial charge in [-0.3, -0.25) is 14.4 Å². The number of ether oxygens (including phenoxy) is 3. The summed E-state index contributed by atoms with van der Waals surface area (Å²) >= 11 is 0. The maximum atomic E-state index is 12.4. The van der Waals surface area contributed by atoms with Crippen molar-refractivity contribution in [2.45, 2.75) is 51.9 Å². The molecule has 0 fully saturated rings. The van der Waals surface area contributed by atoms with Gasteiger partial charge in [-0.1, -0.05) is 19.8 Å². The molecule has 0 aromatic carbocycles. The predicted octanol–water partition coefficient (Wildman–Crippen LogP) is 1.61. The van der Waals surface area contributed by atoms with Gasteiger partial charge in [-0.25, -0.2) is 29.4 Å². The first-order chi connectivity index (χ1) is 16.5. The van der Waals surface area contributed by atoms with Gasteiger partial charge in [0, 0.05) is 6.42 Å². The van der Waals surface area contributed by atoms with E-state index < -0.39 is 23.8 Å². The lowest BCUT2D eigenvalue weighted by atomic mass is 9.92. The molecular formula is C22H31N3O9. The molecule has 12 heteroatoms. The van der Waals surface area contributed by atoms with E-state index in [1.807, 2.05) is 0 Å². The van der Waals surface area contributed by atoms with Gasteiger partial charge in [0.25, 0.3) is 0 Å². The number of carbonyl (C=O) groups is 3. The van der Waals surface area contributed by atoms with Crippen LogP contribution in [0.1, 0.15) is 51.9 Å².